The molecule has 12 atom stereocenters. The summed E-state index contributed by atoms with van der Waals surface area (Å²) in [5, 5.41) is 10.3. The van der Waals surface area contributed by atoms with Crippen LogP contribution in [0.15, 0.2) is 0 Å². The smallest absolute Gasteiger partial charge is 0.171 e. The molecular formula is C28H44O4. The van der Waals surface area contributed by atoms with Gasteiger partial charge in [-0.1, -0.05) is 27.7 Å². The minimum Gasteiger partial charge on any atom is -0.393 e. The molecule has 0 radical (unpaired) electrons. The van der Waals surface area contributed by atoms with Gasteiger partial charge in [-0.15, -0.1) is 0 Å². The van der Waals surface area contributed by atoms with Gasteiger partial charge in [0, 0.05) is 30.1 Å². The minimum absolute atomic E-state index is 0.136. The molecule has 6 aliphatic rings. The van der Waals surface area contributed by atoms with Crippen LogP contribution in [0.25, 0.3) is 0 Å². The van der Waals surface area contributed by atoms with Crippen molar-refractivity contribution in [1.29, 1.82) is 0 Å². The summed E-state index contributed by atoms with van der Waals surface area (Å²) in [5.41, 5.74) is -0.332. The van der Waals surface area contributed by atoms with Crippen molar-refractivity contribution in [3.63, 3.8) is 0 Å². The van der Waals surface area contributed by atoms with Crippen LogP contribution >= 0.6 is 0 Å². The van der Waals surface area contributed by atoms with Crippen LogP contribution in [0.2, 0.25) is 0 Å². The van der Waals surface area contributed by atoms with E-state index < -0.39 is 5.79 Å². The molecule has 32 heavy (non-hydrogen) atoms. The summed E-state index contributed by atoms with van der Waals surface area (Å²) in [6, 6.07) is 0. The quantitative estimate of drug-likeness (QED) is 0.546. The lowest BCUT2D eigenvalue weighted by Gasteiger charge is -2.60. The molecule has 6 rings (SSSR count). The molecule has 0 bridgehead atoms. The predicted octanol–water partition coefficient (Wildman–Crippen LogP) is 5.36. The van der Waals surface area contributed by atoms with Crippen molar-refractivity contribution in [2.45, 2.75) is 110 Å². The average Bonchev–Trinajstić information content (AvgIpc) is 3.11. The normalized spacial score (nSPS) is 61.8. The third kappa shape index (κ3) is 2.64. The molecule has 2 saturated heterocycles. The summed E-state index contributed by atoms with van der Waals surface area (Å²) in [6.07, 6.45) is 9.10. The zero-order valence-electron chi connectivity index (χ0n) is 20.9. The van der Waals surface area contributed by atoms with Crippen LogP contribution in [0.1, 0.15) is 92.4 Å². The number of rotatable bonds is 0. The van der Waals surface area contributed by atoms with Gasteiger partial charge in [-0.25, -0.2) is 0 Å². The van der Waals surface area contributed by atoms with E-state index in [1.807, 2.05) is 0 Å². The van der Waals surface area contributed by atoms with Crippen molar-refractivity contribution < 1.29 is 19.4 Å². The van der Waals surface area contributed by atoms with Crippen LogP contribution < -0.4 is 0 Å². The first-order valence-corrected chi connectivity index (χ1v) is 13.6. The Morgan fingerprint density at radius 1 is 1.00 bits per heavy atom. The molecule has 2 aliphatic heterocycles. The number of ether oxygens (including phenoxy) is 2. The van der Waals surface area contributed by atoms with Crippen LogP contribution in [0.3, 0.4) is 0 Å². The maximum Gasteiger partial charge on any atom is 0.171 e. The zero-order valence-corrected chi connectivity index (χ0v) is 20.9. The lowest BCUT2D eigenvalue weighted by atomic mass is 9.44. The Labute approximate surface area is 194 Å². The van der Waals surface area contributed by atoms with E-state index in [2.05, 4.69) is 34.6 Å². The fourth-order valence-electron chi connectivity index (χ4n) is 10.5. The van der Waals surface area contributed by atoms with Gasteiger partial charge in [-0.05, 0) is 86.9 Å². The van der Waals surface area contributed by atoms with Crippen LogP contribution in [0.4, 0.5) is 0 Å². The van der Waals surface area contributed by atoms with Gasteiger partial charge >= 0.3 is 0 Å². The highest BCUT2D eigenvalue weighted by Crippen LogP contribution is 2.73. The first-order chi connectivity index (χ1) is 15.0. The summed E-state index contributed by atoms with van der Waals surface area (Å²) in [5.74, 6) is 3.23. The van der Waals surface area contributed by atoms with Gasteiger partial charge in [0.2, 0.25) is 0 Å². The van der Waals surface area contributed by atoms with Crippen LogP contribution in [0.5, 0.6) is 0 Å². The molecule has 180 valence electrons. The minimum atomic E-state index is -0.486. The zero-order chi connectivity index (χ0) is 22.7. The Bertz CT molecular complexity index is 801. The van der Waals surface area contributed by atoms with Gasteiger partial charge in [0.15, 0.2) is 5.79 Å². The monoisotopic (exact) mass is 444 g/mol. The molecule has 4 saturated carbocycles. The second kappa shape index (κ2) is 6.82. The van der Waals surface area contributed by atoms with Crippen LogP contribution in [-0.2, 0) is 14.3 Å². The van der Waals surface area contributed by atoms with E-state index in [-0.39, 0.29) is 34.4 Å². The van der Waals surface area contributed by atoms with Gasteiger partial charge in [0.1, 0.15) is 5.78 Å². The number of Topliss-reactive ketones (excluding diaryl/α,β-unsaturated/α-hetero) is 1. The maximum absolute atomic E-state index is 14.1. The number of carbonyl (C=O) groups excluding carboxylic acids is 1. The molecular weight excluding hydrogens is 400 g/mol. The first-order valence-electron chi connectivity index (χ1n) is 13.6. The highest BCUT2D eigenvalue weighted by molar-refractivity contribution is 5.87. The molecule has 2 heterocycles. The first kappa shape index (κ1) is 22.0. The number of fused-ring (bicyclic) bond motifs is 7. The summed E-state index contributed by atoms with van der Waals surface area (Å²) in [6.45, 7) is 12.4. The van der Waals surface area contributed by atoms with E-state index in [1.54, 1.807) is 0 Å². The van der Waals surface area contributed by atoms with Crippen molar-refractivity contribution in [3.05, 3.63) is 0 Å². The number of carbonyl (C=O) groups is 1. The lowest BCUT2D eigenvalue weighted by molar-refractivity contribution is -0.287. The van der Waals surface area contributed by atoms with E-state index in [9.17, 15) is 9.90 Å². The van der Waals surface area contributed by atoms with Crippen LogP contribution in [-0.4, -0.2) is 35.0 Å². The molecule has 1 spiro atoms. The Morgan fingerprint density at radius 2 is 1.78 bits per heavy atom. The van der Waals surface area contributed by atoms with Gasteiger partial charge in [-0.3, -0.25) is 4.79 Å². The fraction of sp³-hybridized carbons (Fsp3) is 0.964. The molecule has 4 nitrogen and oxygen atoms in total. The number of hydrogen-bond donors (Lipinski definition) is 1. The molecule has 0 aromatic carbocycles. The Balaban J connectivity index is 1.34. The van der Waals surface area contributed by atoms with Crippen molar-refractivity contribution in [1.82, 2.24) is 0 Å². The molecule has 0 amide bonds. The standard InChI is InChI=1S/C28H44O4/c1-16-8-11-28(31-15-16)17(2)24-26(4,32-28)14-22-20-7-6-18-12-19(29)9-10-25(18,3)21(20)13-23(30)27(22,24)5/h16-22,24,29H,6-15H2,1-5H3/t16-,17-,18-,19-,20+,21-,22-,24-,25-,26-,27+,28+/m0/s1. The number of ketones is 1. The number of hydrogen-bond acceptors (Lipinski definition) is 4. The molecule has 4 aliphatic carbocycles. The number of aliphatic hydroxyl groups excluding tert-OH is 1. The SMILES string of the molecule is C[C@H]1CC[C@@]2(OC1)O[C@@]1(C)C[C@H]3[C@@H]4CC[C@H]5C[C@@H](O)CC[C@]5(C)[C@H]4CC(=O)[C@]3(C)[C@H]1[C@@H]2C. The summed E-state index contributed by atoms with van der Waals surface area (Å²) in [7, 11) is 0. The second-order valence-corrected chi connectivity index (χ2v) is 13.6. The molecule has 1 N–H and O–H groups in total. The van der Waals surface area contributed by atoms with Crippen molar-refractivity contribution in [3.8, 4) is 0 Å². The molecule has 0 unspecified atom stereocenters. The van der Waals surface area contributed by atoms with Crippen LogP contribution in [0, 0.1) is 52.3 Å². The molecule has 6 fully saturated rings. The van der Waals surface area contributed by atoms with Crippen molar-refractivity contribution in [2.24, 2.45) is 52.3 Å². The van der Waals surface area contributed by atoms with Crippen molar-refractivity contribution >= 4 is 5.78 Å². The largest absolute Gasteiger partial charge is 0.393 e. The summed E-state index contributed by atoms with van der Waals surface area (Å²) < 4.78 is 13.4. The Kier molecular flexibility index (Phi) is 4.70. The van der Waals surface area contributed by atoms with Gasteiger partial charge in [-0.2, -0.15) is 0 Å². The highest BCUT2D eigenvalue weighted by Gasteiger charge is 2.75. The van der Waals surface area contributed by atoms with Gasteiger partial charge < -0.3 is 14.6 Å². The molecule has 0 aromatic heterocycles. The topological polar surface area (TPSA) is 55.8 Å². The molecule has 4 heteroatoms. The third-order valence-electron chi connectivity index (χ3n) is 12.1. The summed E-state index contributed by atoms with van der Waals surface area (Å²) >= 11 is 0. The van der Waals surface area contributed by atoms with E-state index in [0.29, 0.717) is 35.4 Å². The Morgan fingerprint density at radius 3 is 2.50 bits per heavy atom. The van der Waals surface area contributed by atoms with Gasteiger partial charge in [0.25, 0.3) is 0 Å². The number of aliphatic hydroxyl groups is 1. The third-order valence-corrected chi connectivity index (χ3v) is 12.1. The van der Waals surface area contributed by atoms with Crippen molar-refractivity contribution in [2.75, 3.05) is 6.61 Å². The average molecular weight is 445 g/mol. The second-order valence-electron chi connectivity index (χ2n) is 13.6. The lowest BCUT2D eigenvalue weighted by Crippen LogP contribution is -2.58. The Hall–Kier alpha value is -0.450. The summed E-state index contributed by atoms with van der Waals surface area (Å²) in [4.78, 5) is 14.1. The fourth-order valence-corrected chi connectivity index (χ4v) is 10.5. The maximum atomic E-state index is 14.1. The highest BCUT2D eigenvalue weighted by atomic mass is 16.7. The molecule has 0 aromatic rings. The van der Waals surface area contributed by atoms with Gasteiger partial charge in [0.05, 0.1) is 18.3 Å². The van der Waals surface area contributed by atoms with E-state index in [0.717, 1.165) is 51.6 Å². The predicted molar refractivity (Wildman–Crippen MR) is 123 cm³/mol. The van der Waals surface area contributed by atoms with E-state index >= 15 is 0 Å². The van der Waals surface area contributed by atoms with E-state index in [1.165, 1.54) is 12.8 Å². The van der Waals surface area contributed by atoms with E-state index in [4.69, 9.17) is 9.47 Å².